The summed E-state index contributed by atoms with van der Waals surface area (Å²) < 4.78 is 12.0. The fourth-order valence-electron chi connectivity index (χ4n) is 2.66. The molecular formula is C18H18N2O4S. The van der Waals surface area contributed by atoms with E-state index in [0.29, 0.717) is 16.3 Å². The number of hydrogen-bond acceptors (Lipinski definition) is 6. The number of imidazole rings is 1. The molecule has 0 unspecified atom stereocenters. The van der Waals surface area contributed by atoms with Gasteiger partial charge in [-0.3, -0.25) is 14.0 Å². The summed E-state index contributed by atoms with van der Waals surface area (Å²) in [5.41, 5.74) is 1.88. The third-order valence-corrected chi connectivity index (χ3v) is 4.42. The molecule has 25 heavy (non-hydrogen) atoms. The fraction of sp³-hybridized carbons (Fsp3) is 0.278. The van der Waals surface area contributed by atoms with Gasteiger partial charge < -0.3 is 9.47 Å². The minimum absolute atomic E-state index is 0.182. The Morgan fingerprint density at radius 2 is 1.76 bits per heavy atom. The Morgan fingerprint density at radius 3 is 2.36 bits per heavy atom. The number of fused-ring (bicyclic) bond motifs is 1. The average Bonchev–Trinajstić information content (AvgIpc) is 3.19. The highest BCUT2D eigenvalue weighted by molar-refractivity contribution is 7.15. The van der Waals surface area contributed by atoms with Crippen LogP contribution in [0.15, 0.2) is 41.9 Å². The molecule has 0 amide bonds. The van der Waals surface area contributed by atoms with Crippen molar-refractivity contribution in [3.8, 4) is 11.3 Å². The zero-order valence-corrected chi connectivity index (χ0v) is 14.8. The van der Waals surface area contributed by atoms with E-state index in [-0.39, 0.29) is 13.2 Å². The monoisotopic (exact) mass is 358 g/mol. The summed E-state index contributed by atoms with van der Waals surface area (Å²) in [6.07, 6.45) is 1.79. The summed E-state index contributed by atoms with van der Waals surface area (Å²) in [5, 5.41) is 1.86. The van der Waals surface area contributed by atoms with Crippen LogP contribution in [0.5, 0.6) is 0 Å². The lowest BCUT2D eigenvalue weighted by Gasteiger charge is -2.15. The van der Waals surface area contributed by atoms with Crippen molar-refractivity contribution in [2.24, 2.45) is 0 Å². The topological polar surface area (TPSA) is 69.9 Å². The first-order valence-corrected chi connectivity index (χ1v) is 8.89. The fourth-order valence-corrected chi connectivity index (χ4v) is 3.38. The van der Waals surface area contributed by atoms with Gasteiger partial charge in [-0.05, 0) is 13.8 Å². The van der Waals surface area contributed by atoms with Crippen molar-refractivity contribution >= 4 is 28.2 Å². The molecule has 0 atom stereocenters. The number of nitrogens with zero attached hydrogens (tertiary/aromatic N) is 2. The summed E-state index contributed by atoms with van der Waals surface area (Å²) >= 11 is 1.43. The number of aromatic nitrogens is 2. The molecule has 1 aromatic carbocycles. The molecule has 0 fully saturated rings. The SMILES string of the molecule is CCOC(=O)C(C(=O)OCC)c1c(-c2ccccc2)nc2sccn12. The number of rotatable bonds is 6. The molecule has 0 saturated carbocycles. The number of ether oxygens (including phenoxy) is 2. The van der Waals surface area contributed by atoms with Crippen molar-refractivity contribution in [2.75, 3.05) is 13.2 Å². The second-order valence-electron chi connectivity index (χ2n) is 5.20. The molecule has 7 heteroatoms. The van der Waals surface area contributed by atoms with Crippen LogP contribution in [0.25, 0.3) is 16.2 Å². The van der Waals surface area contributed by atoms with Crippen LogP contribution in [-0.4, -0.2) is 34.5 Å². The quantitative estimate of drug-likeness (QED) is 0.500. The minimum Gasteiger partial charge on any atom is -0.465 e. The number of benzene rings is 1. The van der Waals surface area contributed by atoms with Gasteiger partial charge >= 0.3 is 11.9 Å². The number of carbonyl (C=O) groups is 2. The molecule has 0 aliphatic heterocycles. The van der Waals surface area contributed by atoms with E-state index in [1.165, 1.54) is 11.3 Å². The van der Waals surface area contributed by atoms with E-state index < -0.39 is 17.9 Å². The predicted octanol–water partition coefficient (Wildman–Crippen LogP) is 3.27. The Kier molecular flexibility index (Phi) is 5.14. The Bertz CT molecular complexity index is 867. The van der Waals surface area contributed by atoms with Gasteiger partial charge in [0.25, 0.3) is 0 Å². The maximum absolute atomic E-state index is 12.5. The molecule has 0 bridgehead atoms. The summed E-state index contributed by atoms with van der Waals surface area (Å²) in [6.45, 7) is 3.77. The number of esters is 2. The minimum atomic E-state index is -1.18. The second kappa shape index (κ2) is 7.48. The van der Waals surface area contributed by atoms with Crippen molar-refractivity contribution < 1.29 is 19.1 Å². The molecule has 0 spiro atoms. The van der Waals surface area contributed by atoms with Gasteiger partial charge in [-0.1, -0.05) is 30.3 Å². The first kappa shape index (κ1) is 17.2. The Labute approximate surface area is 149 Å². The number of thiazole rings is 1. The van der Waals surface area contributed by atoms with Crippen LogP contribution in [0.1, 0.15) is 25.5 Å². The van der Waals surface area contributed by atoms with E-state index in [1.54, 1.807) is 24.4 Å². The van der Waals surface area contributed by atoms with E-state index in [4.69, 9.17) is 9.47 Å². The smallest absolute Gasteiger partial charge is 0.326 e. The molecule has 2 heterocycles. The lowest BCUT2D eigenvalue weighted by Crippen LogP contribution is -2.27. The van der Waals surface area contributed by atoms with Crippen molar-refractivity contribution in [2.45, 2.75) is 19.8 Å². The molecule has 2 aromatic heterocycles. The largest absolute Gasteiger partial charge is 0.465 e. The lowest BCUT2D eigenvalue weighted by atomic mass is 10.00. The van der Waals surface area contributed by atoms with Gasteiger partial charge in [0.1, 0.15) is 0 Å². The van der Waals surface area contributed by atoms with Gasteiger partial charge in [-0.25, -0.2) is 4.98 Å². The maximum atomic E-state index is 12.5. The van der Waals surface area contributed by atoms with Gasteiger partial charge in [0.05, 0.1) is 24.6 Å². The van der Waals surface area contributed by atoms with Crippen LogP contribution >= 0.6 is 11.3 Å². The predicted molar refractivity (Wildman–Crippen MR) is 94.5 cm³/mol. The lowest BCUT2D eigenvalue weighted by molar-refractivity contribution is -0.157. The zero-order valence-electron chi connectivity index (χ0n) is 14.0. The van der Waals surface area contributed by atoms with Crippen LogP contribution < -0.4 is 0 Å². The highest BCUT2D eigenvalue weighted by Gasteiger charge is 2.37. The van der Waals surface area contributed by atoms with E-state index in [9.17, 15) is 9.59 Å². The van der Waals surface area contributed by atoms with Crippen molar-refractivity contribution in [3.63, 3.8) is 0 Å². The van der Waals surface area contributed by atoms with Gasteiger partial charge in [-0.2, -0.15) is 0 Å². The van der Waals surface area contributed by atoms with E-state index in [2.05, 4.69) is 4.98 Å². The summed E-state index contributed by atoms with van der Waals surface area (Å²) in [7, 11) is 0. The molecular weight excluding hydrogens is 340 g/mol. The molecule has 0 saturated heterocycles. The van der Waals surface area contributed by atoms with Gasteiger partial charge in [0.2, 0.25) is 0 Å². The van der Waals surface area contributed by atoms with E-state index in [1.807, 2.05) is 35.7 Å². The molecule has 0 N–H and O–H groups in total. The van der Waals surface area contributed by atoms with Crippen molar-refractivity contribution in [3.05, 3.63) is 47.6 Å². The van der Waals surface area contributed by atoms with Gasteiger partial charge in [0, 0.05) is 17.1 Å². The number of carbonyl (C=O) groups excluding carboxylic acids is 2. The Morgan fingerprint density at radius 1 is 1.12 bits per heavy atom. The molecule has 0 aliphatic rings. The van der Waals surface area contributed by atoms with Crippen molar-refractivity contribution in [1.82, 2.24) is 9.38 Å². The van der Waals surface area contributed by atoms with E-state index in [0.717, 1.165) is 5.56 Å². The molecule has 6 nitrogen and oxygen atoms in total. The van der Waals surface area contributed by atoms with Gasteiger partial charge in [-0.15, -0.1) is 11.3 Å². The van der Waals surface area contributed by atoms with Gasteiger partial charge in [0.15, 0.2) is 10.9 Å². The second-order valence-corrected chi connectivity index (χ2v) is 6.08. The Hall–Kier alpha value is -2.67. The molecule has 130 valence electrons. The van der Waals surface area contributed by atoms with Crippen LogP contribution in [0.2, 0.25) is 0 Å². The van der Waals surface area contributed by atoms with Crippen LogP contribution in [0.4, 0.5) is 0 Å². The average molecular weight is 358 g/mol. The first-order chi connectivity index (χ1) is 12.2. The van der Waals surface area contributed by atoms with Crippen LogP contribution in [0, 0.1) is 0 Å². The molecule has 0 radical (unpaired) electrons. The third-order valence-electron chi connectivity index (χ3n) is 3.66. The normalized spacial score (nSPS) is 11.0. The highest BCUT2D eigenvalue weighted by atomic mass is 32.1. The Balaban J connectivity index is 2.20. The summed E-state index contributed by atoms with van der Waals surface area (Å²) in [6, 6.07) is 9.45. The molecule has 3 aromatic rings. The summed E-state index contributed by atoms with van der Waals surface area (Å²) in [4.78, 5) is 30.4. The van der Waals surface area contributed by atoms with E-state index >= 15 is 0 Å². The maximum Gasteiger partial charge on any atom is 0.326 e. The standard InChI is InChI=1S/C18H18N2O4S/c1-3-23-16(21)13(17(22)24-4-2)15-14(12-8-6-5-7-9-12)19-18-20(15)10-11-25-18/h5-11,13H,3-4H2,1-2H3. The molecule has 0 aliphatic carbocycles. The summed E-state index contributed by atoms with van der Waals surface area (Å²) in [5.74, 6) is -2.45. The highest BCUT2D eigenvalue weighted by Crippen LogP contribution is 2.33. The van der Waals surface area contributed by atoms with Crippen LogP contribution in [-0.2, 0) is 19.1 Å². The van der Waals surface area contributed by atoms with Crippen LogP contribution in [0.3, 0.4) is 0 Å². The molecule has 3 rings (SSSR count). The third kappa shape index (κ3) is 3.28. The van der Waals surface area contributed by atoms with Crippen molar-refractivity contribution in [1.29, 1.82) is 0 Å². The first-order valence-electron chi connectivity index (χ1n) is 8.01. The zero-order chi connectivity index (χ0) is 17.8. The number of hydrogen-bond donors (Lipinski definition) is 0.